The minimum atomic E-state index is -5.08. The fourth-order valence-corrected chi connectivity index (χ4v) is 6.83. The smallest absolute Gasteiger partial charge is 0.490 e. The minimum absolute atomic E-state index is 0.00131. The topological polar surface area (TPSA) is 190 Å². The highest BCUT2D eigenvalue weighted by Crippen LogP contribution is 2.28. The fraction of sp³-hybridized carbons (Fsp3) is 0.442. The first kappa shape index (κ1) is 48.4. The molecule has 5 N–H and O–H groups in total. The van der Waals surface area contributed by atoms with Gasteiger partial charge in [-0.2, -0.15) is 13.2 Å². The maximum atomic E-state index is 13.9. The van der Waals surface area contributed by atoms with Crippen LogP contribution in [0.4, 0.5) is 13.2 Å². The lowest BCUT2D eigenvalue weighted by molar-refractivity contribution is -0.192. The van der Waals surface area contributed by atoms with Crippen LogP contribution in [0.25, 0.3) is 10.9 Å². The number of amides is 5. The summed E-state index contributed by atoms with van der Waals surface area (Å²) in [6.45, 7) is 9.50. The number of methoxy groups -OCH3 is 1. The number of likely N-dealkylation sites (N-methyl/N-ethyl adjacent to an activating group) is 1. The molecule has 0 spiro atoms. The molecule has 4 rings (SSSR count). The van der Waals surface area contributed by atoms with E-state index in [9.17, 15) is 37.1 Å². The molecule has 0 saturated heterocycles. The van der Waals surface area contributed by atoms with Crippen molar-refractivity contribution in [3.05, 3.63) is 95.9 Å². The number of carbonyl (C=O) groups excluding carboxylic acids is 5. The third kappa shape index (κ3) is 13.8. The average molecular weight is 841 g/mol. The summed E-state index contributed by atoms with van der Waals surface area (Å²) in [5.74, 6) is -4.54. The predicted octanol–water partition coefficient (Wildman–Crippen LogP) is 4.52. The molecule has 2 heterocycles. The van der Waals surface area contributed by atoms with Crippen molar-refractivity contribution in [1.82, 2.24) is 30.7 Å². The summed E-state index contributed by atoms with van der Waals surface area (Å²) in [7, 11) is 5.12. The van der Waals surface area contributed by atoms with Gasteiger partial charge in [0.1, 0.15) is 23.9 Å². The second kappa shape index (κ2) is 21.9. The number of carboxylic acids is 1. The van der Waals surface area contributed by atoms with E-state index in [1.807, 2.05) is 107 Å². The Hall–Kier alpha value is -5.97. The van der Waals surface area contributed by atoms with Crippen molar-refractivity contribution in [3.63, 3.8) is 0 Å². The molecular weight excluding hydrogens is 786 g/mol. The van der Waals surface area contributed by atoms with Crippen LogP contribution in [-0.2, 0) is 46.3 Å². The van der Waals surface area contributed by atoms with Gasteiger partial charge in [-0.15, -0.1) is 0 Å². The Morgan fingerprint density at radius 3 is 2.05 bits per heavy atom. The molecule has 0 saturated carbocycles. The van der Waals surface area contributed by atoms with Crippen LogP contribution < -0.4 is 16.0 Å². The van der Waals surface area contributed by atoms with Gasteiger partial charge in [-0.05, 0) is 56.5 Å². The van der Waals surface area contributed by atoms with Gasteiger partial charge >= 0.3 is 12.1 Å². The number of rotatable bonds is 17. The molecule has 60 heavy (non-hydrogen) atoms. The molecule has 14 nitrogen and oxygen atoms in total. The number of carboxylic acid groups (broad SMARTS) is 1. The number of aromatic nitrogens is 1. The van der Waals surface area contributed by atoms with Gasteiger partial charge in [0.25, 0.3) is 11.8 Å². The van der Waals surface area contributed by atoms with Crippen molar-refractivity contribution >= 4 is 46.4 Å². The van der Waals surface area contributed by atoms with Crippen LogP contribution in [0.3, 0.4) is 0 Å². The summed E-state index contributed by atoms with van der Waals surface area (Å²) in [5, 5.41) is 16.8. The van der Waals surface area contributed by atoms with Crippen molar-refractivity contribution in [2.75, 3.05) is 21.2 Å². The number of para-hydroxylation sites is 1. The molecule has 17 heteroatoms. The molecule has 0 radical (unpaired) electrons. The number of H-pyrrole nitrogens is 1. The lowest BCUT2D eigenvalue weighted by Crippen LogP contribution is -2.58. The SMILES string of the molecule is COC1=CC(=O)N(C(=O)/C=C/[C@H](C)NC(=O)[C@H](CC(C)C)NC(=O)[C@H](Cc2ccccc2)NC(=O)[C@H](C(C)C)N(C)C)[C@H]1Cc1c[nH]c2ccccc12.O=C(O)C(F)(F)F. The number of alkyl halides is 3. The van der Waals surface area contributed by atoms with Crippen LogP contribution in [0.1, 0.15) is 52.2 Å². The van der Waals surface area contributed by atoms with E-state index in [1.165, 1.54) is 25.3 Å². The van der Waals surface area contributed by atoms with Crippen molar-refractivity contribution in [1.29, 1.82) is 0 Å². The van der Waals surface area contributed by atoms with Gasteiger partial charge in [0.05, 0.1) is 13.2 Å². The molecule has 1 aliphatic heterocycles. The Morgan fingerprint density at radius 2 is 1.48 bits per heavy atom. The maximum Gasteiger partial charge on any atom is 0.490 e. The number of carbonyl (C=O) groups is 6. The first-order valence-corrected chi connectivity index (χ1v) is 19.4. The quantitative estimate of drug-likeness (QED) is 0.122. The number of nitrogens with zero attached hydrogens (tertiary/aromatic N) is 2. The monoisotopic (exact) mass is 840 g/mol. The number of aliphatic carboxylic acids is 1. The molecule has 2 aromatic carbocycles. The second-order valence-corrected chi connectivity index (χ2v) is 15.4. The summed E-state index contributed by atoms with van der Waals surface area (Å²) in [4.78, 5) is 82.5. The summed E-state index contributed by atoms with van der Waals surface area (Å²) in [6.07, 6.45) is 1.84. The van der Waals surface area contributed by atoms with Gasteiger partial charge in [-0.1, -0.05) is 82.3 Å². The minimum Gasteiger partial charge on any atom is -0.499 e. The van der Waals surface area contributed by atoms with Crippen LogP contribution in [0.15, 0.2) is 84.8 Å². The van der Waals surface area contributed by atoms with Crippen LogP contribution in [0.5, 0.6) is 0 Å². The first-order valence-electron chi connectivity index (χ1n) is 19.4. The van der Waals surface area contributed by atoms with E-state index in [1.54, 1.807) is 6.92 Å². The Labute approximate surface area is 347 Å². The van der Waals surface area contributed by atoms with Gasteiger partial charge in [-0.3, -0.25) is 33.8 Å². The summed E-state index contributed by atoms with van der Waals surface area (Å²) >= 11 is 0. The van der Waals surface area contributed by atoms with Gasteiger partial charge in [0, 0.05) is 48.1 Å². The molecule has 3 aromatic rings. The Kier molecular flexibility index (Phi) is 17.6. The second-order valence-electron chi connectivity index (χ2n) is 15.4. The van der Waals surface area contributed by atoms with Crippen molar-refractivity contribution in [3.8, 4) is 0 Å². The normalized spacial score (nSPS) is 16.2. The number of hydrogen-bond donors (Lipinski definition) is 5. The van der Waals surface area contributed by atoms with Gasteiger partial charge in [0.2, 0.25) is 17.7 Å². The van der Waals surface area contributed by atoms with Crippen molar-refractivity contribution in [2.24, 2.45) is 11.8 Å². The van der Waals surface area contributed by atoms with Gasteiger partial charge in [0.15, 0.2) is 0 Å². The number of aromatic amines is 1. The van der Waals surface area contributed by atoms with Gasteiger partial charge in [-0.25, -0.2) is 4.79 Å². The van der Waals surface area contributed by atoms with E-state index in [4.69, 9.17) is 14.6 Å². The zero-order valence-corrected chi connectivity index (χ0v) is 35.0. The highest BCUT2D eigenvalue weighted by molar-refractivity contribution is 6.08. The number of hydrogen-bond acceptors (Lipinski definition) is 8. The Bertz CT molecular complexity index is 2020. The van der Waals surface area contributed by atoms with E-state index in [-0.39, 0.29) is 24.2 Å². The summed E-state index contributed by atoms with van der Waals surface area (Å²) in [5.41, 5.74) is 2.75. The van der Waals surface area contributed by atoms with Crippen LogP contribution >= 0.6 is 0 Å². The van der Waals surface area contributed by atoms with Crippen LogP contribution in [-0.4, -0.2) is 113 Å². The summed E-state index contributed by atoms with van der Waals surface area (Å²) < 4.78 is 37.2. The summed E-state index contributed by atoms with van der Waals surface area (Å²) in [6, 6.07) is 13.6. The fourth-order valence-electron chi connectivity index (χ4n) is 6.83. The highest BCUT2D eigenvalue weighted by Gasteiger charge is 2.39. The molecule has 1 aliphatic rings. The number of ether oxygens (including phenoxy) is 1. The Balaban J connectivity index is 0.00000126. The Morgan fingerprint density at radius 1 is 0.900 bits per heavy atom. The molecule has 5 atom stereocenters. The molecule has 1 aromatic heterocycles. The van der Waals surface area contributed by atoms with E-state index in [0.29, 0.717) is 18.6 Å². The predicted molar refractivity (Wildman–Crippen MR) is 219 cm³/mol. The molecule has 0 aliphatic carbocycles. The first-order chi connectivity index (χ1) is 28.1. The zero-order chi connectivity index (χ0) is 44.9. The largest absolute Gasteiger partial charge is 0.499 e. The highest BCUT2D eigenvalue weighted by atomic mass is 19.4. The number of imide groups is 1. The van der Waals surface area contributed by atoms with Crippen LogP contribution in [0.2, 0.25) is 0 Å². The van der Waals surface area contributed by atoms with Crippen LogP contribution in [0, 0.1) is 11.8 Å². The molecule has 326 valence electrons. The lowest BCUT2D eigenvalue weighted by atomic mass is 9.99. The number of benzene rings is 2. The maximum absolute atomic E-state index is 13.9. The molecule has 0 bridgehead atoms. The molecule has 5 amide bonds. The van der Waals surface area contributed by atoms with Crippen molar-refractivity contribution < 1.29 is 51.8 Å². The molecule has 0 fully saturated rings. The standard InChI is InChI=1S/C41H54N6O6.C2HF3O2/c1-25(2)20-32(44-40(51)33(21-28-14-10-9-11-15-28)45-41(52)38(26(3)4)46(6)7)39(50)43-27(5)18-19-36(48)47-34(35(53-8)23-37(47)49)22-29-24-42-31-17-13-12-16-30(29)31;3-2(4,5)1(6)7/h9-19,23-27,32-34,38,42H,20-22H2,1-8H3,(H,43,50)(H,44,51)(H,45,52);(H,6,7)/b19-18+;/t27-,32-,33-,34-,38-;/m0./s1. The lowest BCUT2D eigenvalue weighted by Gasteiger charge is -2.30. The van der Waals surface area contributed by atoms with E-state index < -0.39 is 66.0 Å². The van der Waals surface area contributed by atoms with E-state index in [2.05, 4.69) is 20.9 Å². The third-order valence-electron chi connectivity index (χ3n) is 9.56. The van der Waals surface area contributed by atoms with Gasteiger partial charge < -0.3 is 30.8 Å². The molecule has 0 unspecified atom stereocenters. The average Bonchev–Trinajstić information content (AvgIpc) is 3.72. The number of fused-ring (bicyclic) bond motifs is 1. The number of nitrogens with one attached hydrogen (secondary N) is 4. The van der Waals surface area contributed by atoms with E-state index >= 15 is 0 Å². The number of halogens is 3. The van der Waals surface area contributed by atoms with E-state index in [0.717, 1.165) is 26.9 Å². The third-order valence-corrected chi connectivity index (χ3v) is 9.56. The molecular formula is C43H55F3N6O8. The zero-order valence-electron chi connectivity index (χ0n) is 35.0. The van der Waals surface area contributed by atoms with Crippen molar-refractivity contribution in [2.45, 2.75) is 90.3 Å².